The Morgan fingerprint density at radius 3 is 2.20 bits per heavy atom. The van der Waals surface area contributed by atoms with Crippen LogP contribution in [0.2, 0.25) is 0 Å². The summed E-state index contributed by atoms with van der Waals surface area (Å²) in [4.78, 5) is -0.505. The van der Waals surface area contributed by atoms with E-state index in [0.717, 1.165) is 16.7 Å². The van der Waals surface area contributed by atoms with Gasteiger partial charge in [0.25, 0.3) is 0 Å². The summed E-state index contributed by atoms with van der Waals surface area (Å²) in [5.74, 6) is 0. The molecule has 1 aromatic carbocycles. The number of nitrogens with zero attached hydrogens (tertiary/aromatic N) is 1. The summed E-state index contributed by atoms with van der Waals surface area (Å²) in [7, 11) is 0. The summed E-state index contributed by atoms with van der Waals surface area (Å²) >= 11 is 0. The largest absolute Gasteiger partial charge is 0.612 e. The van der Waals surface area contributed by atoms with Crippen molar-refractivity contribution in [2.24, 2.45) is 0 Å². The van der Waals surface area contributed by atoms with Gasteiger partial charge < -0.3 is 15.5 Å². The third kappa shape index (κ3) is 1.57. The Hall–Kier alpha value is -2.23. The van der Waals surface area contributed by atoms with Crippen LogP contribution in [0.1, 0.15) is 0 Å². The SMILES string of the molecule is [O-][N+]([O-])=C1C=c2ccccc2=CC1=CO. The highest BCUT2D eigenvalue weighted by Gasteiger charge is 2.12. The number of hydrogen-bond acceptors (Lipinski definition) is 3. The van der Waals surface area contributed by atoms with E-state index in [1.165, 1.54) is 6.08 Å². The second kappa shape index (κ2) is 3.49. The van der Waals surface area contributed by atoms with E-state index >= 15 is 0 Å². The summed E-state index contributed by atoms with van der Waals surface area (Å²) < 4.78 is 0. The zero-order valence-electron chi connectivity index (χ0n) is 7.75. The molecule has 0 atom stereocenters. The Morgan fingerprint density at radius 2 is 1.67 bits per heavy atom. The minimum Gasteiger partial charge on any atom is -0.612 e. The molecule has 1 aliphatic carbocycles. The van der Waals surface area contributed by atoms with E-state index in [0.29, 0.717) is 0 Å². The van der Waals surface area contributed by atoms with Crippen molar-refractivity contribution in [3.05, 3.63) is 57.0 Å². The van der Waals surface area contributed by atoms with Crippen molar-refractivity contribution < 1.29 is 10.0 Å². The Balaban J connectivity index is 2.81. The number of aliphatic hydroxyl groups is 1. The van der Waals surface area contributed by atoms with Gasteiger partial charge in [-0.25, -0.2) is 0 Å². The van der Waals surface area contributed by atoms with Gasteiger partial charge in [0.1, 0.15) is 0 Å². The fourth-order valence-electron chi connectivity index (χ4n) is 1.51. The average molecular weight is 202 g/mol. The van der Waals surface area contributed by atoms with Crippen LogP contribution in [0.15, 0.2) is 36.1 Å². The summed E-state index contributed by atoms with van der Waals surface area (Å²) in [5.41, 5.74) is 0.134. The first-order valence-corrected chi connectivity index (χ1v) is 4.37. The van der Waals surface area contributed by atoms with Crippen molar-refractivity contribution in [3.8, 4) is 0 Å². The number of allylic oxidation sites excluding steroid dienone is 1. The van der Waals surface area contributed by atoms with E-state index in [-0.39, 0.29) is 11.3 Å². The topological polar surface area (TPSA) is 69.4 Å². The maximum Gasteiger partial charge on any atom is 0.233 e. The lowest BCUT2D eigenvalue weighted by Crippen LogP contribution is -2.31. The zero-order chi connectivity index (χ0) is 10.8. The van der Waals surface area contributed by atoms with Crippen molar-refractivity contribution >= 4 is 17.9 Å². The molecule has 0 radical (unpaired) electrons. The van der Waals surface area contributed by atoms with Crippen LogP contribution in [0.3, 0.4) is 0 Å². The van der Waals surface area contributed by atoms with Crippen LogP contribution < -0.4 is 10.4 Å². The molecule has 0 heterocycles. The molecule has 1 N–H and O–H groups in total. The molecule has 0 aliphatic heterocycles. The van der Waals surface area contributed by atoms with Crippen molar-refractivity contribution in [3.63, 3.8) is 0 Å². The number of fused-ring (bicyclic) bond motifs is 1. The summed E-state index contributed by atoms with van der Waals surface area (Å²) in [6, 6.07) is 7.29. The molecule has 0 saturated heterocycles. The Labute approximate surface area is 85.6 Å². The lowest BCUT2D eigenvalue weighted by molar-refractivity contribution is -0.376. The summed E-state index contributed by atoms with van der Waals surface area (Å²) in [5, 5.41) is 31.9. The van der Waals surface area contributed by atoms with Crippen LogP contribution in [0, 0.1) is 10.4 Å². The molecule has 0 amide bonds. The maximum atomic E-state index is 10.7. The predicted octanol–water partition coefficient (Wildman–Crippen LogP) is 0.152. The van der Waals surface area contributed by atoms with Gasteiger partial charge in [-0.1, -0.05) is 24.3 Å². The molecule has 4 nitrogen and oxygen atoms in total. The third-order valence-corrected chi connectivity index (χ3v) is 2.23. The van der Waals surface area contributed by atoms with Gasteiger partial charge in [0.15, 0.2) is 0 Å². The van der Waals surface area contributed by atoms with Crippen LogP contribution in [-0.2, 0) is 0 Å². The molecule has 1 aliphatic rings. The van der Waals surface area contributed by atoms with Gasteiger partial charge >= 0.3 is 0 Å². The van der Waals surface area contributed by atoms with Gasteiger partial charge in [0, 0.05) is 6.08 Å². The number of benzene rings is 1. The van der Waals surface area contributed by atoms with Crippen molar-refractivity contribution in [2.75, 3.05) is 0 Å². The van der Waals surface area contributed by atoms with E-state index in [1.54, 1.807) is 12.1 Å². The second-order valence-corrected chi connectivity index (χ2v) is 3.14. The molecule has 1 aromatic rings. The van der Waals surface area contributed by atoms with Gasteiger partial charge in [-0.3, -0.25) is 0 Å². The molecule has 0 aromatic heterocycles. The number of aliphatic hydroxyl groups excluding tert-OH is 1. The fourth-order valence-corrected chi connectivity index (χ4v) is 1.51. The Morgan fingerprint density at radius 1 is 1.07 bits per heavy atom. The minimum absolute atomic E-state index is 0.0869. The first-order valence-electron chi connectivity index (χ1n) is 4.37. The van der Waals surface area contributed by atoms with Crippen molar-refractivity contribution in [1.82, 2.24) is 0 Å². The van der Waals surface area contributed by atoms with Crippen LogP contribution >= 0.6 is 0 Å². The molecule has 0 saturated carbocycles. The van der Waals surface area contributed by atoms with E-state index in [1.807, 2.05) is 18.2 Å². The normalized spacial score (nSPS) is 16.5. The third-order valence-electron chi connectivity index (χ3n) is 2.23. The monoisotopic (exact) mass is 202 g/mol. The van der Waals surface area contributed by atoms with Gasteiger partial charge in [-0.05, 0) is 16.5 Å². The molecule has 0 fully saturated rings. The smallest absolute Gasteiger partial charge is 0.233 e. The highest BCUT2D eigenvalue weighted by molar-refractivity contribution is 6.22. The summed E-state index contributed by atoms with van der Waals surface area (Å²) in [6.07, 6.45) is 3.80. The standard InChI is InChI=1S/C11H8NO3/c13-7-10-5-8-3-1-2-4-9(8)6-11(10)12(14)15/h1-7H,(H-,13,14,15)/q-1. The van der Waals surface area contributed by atoms with Crippen LogP contribution in [0.4, 0.5) is 0 Å². The lowest BCUT2D eigenvalue weighted by Gasteiger charge is -2.10. The van der Waals surface area contributed by atoms with Crippen molar-refractivity contribution in [2.45, 2.75) is 0 Å². The van der Waals surface area contributed by atoms with Gasteiger partial charge in [-0.15, -0.1) is 0 Å². The molecule has 0 spiro atoms. The molecule has 0 bridgehead atoms. The average Bonchev–Trinajstić information content (AvgIpc) is 2.27. The molecule has 4 heteroatoms. The first kappa shape index (κ1) is 9.33. The van der Waals surface area contributed by atoms with E-state index < -0.39 is 4.90 Å². The van der Waals surface area contributed by atoms with Gasteiger partial charge in [0.05, 0.1) is 11.8 Å². The first-order chi connectivity index (χ1) is 7.22. The Bertz CT molecular complexity index is 566. The molecule has 76 valence electrons. The quantitative estimate of drug-likeness (QED) is 0.370. The van der Waals surface area contributed by atoms with Gasteiger partial charge in [-0.2, -0.15) is 4.90 Å². The van der Waals surface area contributed by atoms with Gasteiger partial charge in [0.2, 0.25) is 5.71 Å². The predicted molar refractivity (Wildman–Crippen MR) is 57.3 cm³/mol. The van der Waals surface area contributed by atoms with Crippen LogP contribution in [-0.4, -0.2) is 15.7 Å². The van der Waals surface area contributed by atoms with Crippen LogP contribution in [0.5, 0.6) is 0 Å². The zero-order valence-corrected chi connectivity index (χ0v) is 7.75. The van der Waals surface area contributed by atoms with Crippen LogP contribution in [0.25, 0.3) is 12.2 Å². The number of rotatable bonds is 0. The molecule has 2 rings (SSSR count). The van der Waals surface area contributed by atoms with E-state index in [2.05, 4.69) is 0 Å². The molecule has 0 unspecified atom stereocenters. The second-order valence-electron chi connectivity index (χ2n) is 3.14. The number of hydrogen-bond donors (Lipinski definition) is 1. The molecular weight excluding hydrogens is 194 g/mol. The maximum absolute atomic E-state index is 10.7. The minimum atomic E-state index is -0.505. The molecule has 15 heavy (non-hydrogen) atoms. The highest BCUT2D eigenvalue weighted by Crippen LogP contribution is 2.03. The van der Waals surface area contributed by atoms with E-state index in [4.69, 9.17) is 5.11 Å². The van der Waals surface area contributed by atoms with E-state index in [9.17, 15) is 10.4 Å². The fraction of sp³-hybridized carbons (Fsp3) is 0. The lowest BCUT2D eigenvalue weighted by atomic mass is 10.0. The highest BCUT2D eigenvalue weighted by atomic mass is 16.8. The molecular formula is C11H8NO3-. The Kier molecular flexibility index (Phi) is 2.17. The summed E-state index contributed by atoms with van der Waals surface area (Å²) in [6.45, 7) is 0. The van der Waals surface area contributed by atoms with Crippen molar-refractivity contribution in [1.29, 1.82) is 0 Å².